The second kappa shape index (κ2) is 5.33. The molecule has 116 valence electrons. The summed E-state index contributed by atoms with van der Waals surface area (Å²) in [6.07, 6.45) is 3.17. The minimum atomic E-state index is -0.407. The van der Waals surface area contributed by atoms with Gasteiger partial charge in [0.2, 0.25) is 0 Å². The van der Waals surface area contributed by atoms with Gasteiger partial charge in [-0.25, -0.2) is 9.78 Å². The molecule has 1 saturated carbocycles. The molecule has 0 N–H and O–H groups in total. The Labute approximate surface area is 142 Å². The molecule has 2 fully saturated rings. The summed E-state index contributed by atoms with van der Waals surface area (Å²) < 4.78 is 10.8. The zero-order chi connectivity index (χ0) is 15.3. The van der Waals surface area contributed by atoms with Crippen LogP contribution >= 0.6 is 34.1 Å². The van der Waals surface area contributed by atoms with Gasteiger partial charge in [-0.1, -0.05) is 0 Å². The number of likely N-dealkylation sites (tertiary alicyclic amines) is 1. The molecule has 1 spiro atoms. The number of aromatic nitrogens is 2. The number of hydrogen-bond acceptors (Lipinski definition) is 5. The summed E-state index contributed by atoms with van der Waals surface area (Å²) in [5.74, 6) is 1.66. The average molecular weight is 421 g/mol. The first-order valence-electron chi connectivity index (χ1n) is 7.21. The zero-order valence-corrected chi connectivity index (χ0v) is 15.5. The van der Waals surface area contributed by atoms with Crippen LogP contribution in [0.1, 0.15) is 39.4 Å². The van der Waals surface area contributed by atoms with Crippen molar-refractivity contribution >= 4 is 40.2 Å². The van der Waals surface area contributed by atoms with Gasteiger partial charge in [0.15, 0.2) is 3.01 Å². The summed E-state index contributed by atoms with van der Waals surface area (Å²) in [4.78, 5) is 18.2. The Kier molecular flexibility index (Phi) is 3.92. The van der Waals surface area contributed by atoms with Crippen LogP contribution in [0.2, 0.25) is 0 Å². The van der Waals surface area contributed by atoms with E-state index < -0.39 is 5.60 Å². The number of halogens is 1. The lowest BCUT2D eigenvalue weighted by Crippen LogP contribution is -2.64. The Morgan fingerprint density at radius 1 is 1.48 bits per heavy atom. The third-order valence-corrected chi connectivity index (χ3v) is 5.44. The van der Waals surface area contributed by atoms with Crippen molar-refractivity contribution in [1.29, 1.82) is 0 Å². The highest BCUT2D eigenvalue weighted by Crippen LogP contribution is 2.52. The van der Waals surface area contributed by atoms with Crippen molar-refractivity contribution in [2.45, 2.75) is 45.6 Å². The fourth-order valence-electron chi connectivity index (χ4n) is 3.36. The van der Waals surface area contributed by atoms with Crippen LogP contribution in [-0.2, 0) is 11.2 Å². The summed E-state index contributed by atoms with van der Waals surface area (Å²) in [6.45, 7) is 7.41. The van der Waals surface area contributed by atoms with Gasteiger partial charge in [0.1, 0.15) is 11.4 Å². The van der Waals surface area contributed by atoms with Crippen LogP contribution < -0.4 is 0 Å². The fourth-order valence-corrected chi connectivity index (χ4v) is 4.38. The molecule has 1 amide bonds. The topological polar surface area (TPSA) is 55.3 Å². The van der Waals surface area contributed by atoms with Crippen LogP contribution in [0.15, 0.2) is 0 Å². The maximum Gasteiger partial charge on any atom is 0.410 e. The van der Waals surface area contributed by atoms with E-state index in [-0.39, 0.29) is 6.09 Å². The SMILES string of the molecule is CC(C)(C)OC(=O)N1CC2(CC(Cc3nsc(I)n3)C2)C1. The lowest BCUT2D eigenvalue weighted by atomic mass is 9.57. The first-order valence-corrected chi connectivity index (χ1v) is 9.06. The quantitative estimate of drug-likeness (QED) is 0.688. The predicted molar refractivity (Wildman–Crippen MR) is 89.3 cm³/mol. The highest BCUT2D eigenvalue weighted by atomic mass is 127. The first-order chi connectivity index (χ1) is 9.75. The standard InChI is InChI=1S/C14H20IN3O2S/c1-13(2,3)20-12(19)18-7-14(8-18)5-9(6-14)4-10-16-11(15)21-17-10/h9H,4-8H2,1-3H3. The number of carbonyl (C=O) groups excluding carboxylic acids is 1. The fraction of sp³-hybridized carbons (Fsp3) is 0.786. The van der Waals surface area contributed by atoms with Gasteiger partial charge in [0.25, 0.3) is 0 Å². The number of ether oxygens (including phenoxy) is 1. The number of hydrogen-bond donors (Lipinski definition) is 0. The van der Waals surface area contributed by atoms with Crippen molar-refractivity contribution < 1.29 is 9.53 Å². The van der Waals surface area contributed by atoms with Crippen molar-refractivity contribution in [3.63, 3.8) is 0 Å². The molecule has 0 aromatic carbocycles. The van der Waals surface area contributed by atoms with Crippen LogP contribution in [0.4, 0.5) is 4.79 Å². The van der Waals surface area contributed by atoms with Gasteiger partial charge < -0.3 is 9.64 Å². The lowest BCUT2D eigenvalue weighted by Gasteiger charge is -2.58. The molecule has 5 nitrogen and oxygen atoms in total. The maximum atomic E-state index is 11.9. The molecular formula is C14H20IN3O2S. The van der Waals surface area contributed by atoms with Crippen LogP contribution in [0, 0.1) is 14.3 Å². The van der Waals surface area contributed by atoms with Crippen molar-refractivity contribution in [3.8, 4) is 0 Å². The molecule has 2 heterocycles. The van der Waals surface area contributed by atoms with Gasteiger partial charge in [0.05, 0.1) is 0 Å². The molecule has 1 saturated heterocycles. The second-order valence-corrected chi connectivity index (χ2v) is 9.78. The van der Waals surface area contributed by atoms with E-state index in [1.54, 1.807) is 0 Å². The van der Waals surface area contributed by atoms with Crippen molar-refractivity contribution in [1.82, 2.24) is 14.3 Å². The smallest absolute Gasteiger partial charge is 0.410 e. The first kappa shape index (κ1) is 15.5. The molecule has 0 bridgehead atoms. The second-order valence-electron chi connectivity index (χ2n) is 7.28. The average Bonchev–Trinajstić information content (AvgIpc) is 2.62. The maximum absolute atomic E-state index is 11.9. The van der Waals surface area contributed by atoms with Crippen molar-refractivity contribution in [3.05, 3.63) is 8.84 Å². The van der Waals surface area contributed by atoms with Gasteiger partial charge in [0, 0.05) is 24.9 Å². The van der Waals surface area contributed by atoms with Gasteiger partial charge in [-0.15, -0.1) is 0 Å². The van der Waals surface area contributed by atoms with Crippen molar-refractivity contribution in [2.75, 3.05) is 13.1 Å². The summed E-state index contributed by atoms with van der Waals surface area (Å²) in [5, 5.41) is 0. The Bertz CT molecular complexity index is 541. The van der Waals surface area contributed by atoms with E-state index in [4.69, 9.17) is 4.74 Å². The summed E-state index contributed by atoms with van der Waals surface area (Å²) in [7, 11) is 0. The molecule has 1 aliphatic carbocycles. The molecule has 7 heteroatoms. The minimum absolute atomic E-state index is 0.174. The highest BCUT2D eigenvalue weighted by molar-refractivity contribution is 14.1. The van der Waals surface area contributed by atoms with Gasteiger partial charge in [-0.05, 0) is 73.7 Å². The number of carbonyl (C=O) groups is 1. The van der Waals surface area contributed by atoms with Gasteiger partial charge in [-0.2, -0.15) is 4.37 Å². The summed E-state index contributed by atoms with van der Waals surface area (Å²) in [6, 6.07) is 0. The third-order valence-electron chi connectivity index (χ3n) is 4.06. The highest BCUT2D eigenvalue weighted by Gasteiger charge is 2.54. The van der Waals surface area contributed by atoms with E-state index >= 15 is 0 Å². The Morgan fingerprint density at radius 3 is 2.67 bits per heavy atom. The monoisotopic (exact) mass is 421 g/mol. The van der Waals surface area contributed by atoms with Gasteiger partial charge in [-0.3, -0.25) is 0 Å². The molecule has 1 aromatic rings. The Balaban J connectivity index is 1.42. The van der Waals surface area contributed by atoms with E-state index in [0.29, 0.717) is 11.3 Å². The molecule has 21 heavy (non-hydrogen) atoms. The molecule has 0 unspecified atom stereocenters. The normalized spacial score (nSPS) is 21.0. The number of nitrogens with zero attached hydrogens (tertiary/aromatic N) is 3. The van der Waals surface area contributed by atoms with Crippen molar-refractivity contribution in [2.24, 2.45) is 11.3 Å². The predicted octanol–water partition coefficient (Wildman–Crippen LogP) is 3.33. The molecule has 2 aliphatic rings. The largest absolute Gasteiger partial charge is 0.444 e. The van der Waals surface area contributed by atoms with Crippen LogP contribution in [-0.4, -0.2) is 39.0 Å². The molecule has 0 radical (unpaired) electrons. The lowest BCUT2D eigenvalue weighted by molar-refractivity contribution is -0.0950. The third kappa shape index (κ3) is 3.49. The van der Waals surface area contributed by atoms with E-state index in [1.165, 1.54) is 24.4 Å². The number of rotatable bonds is 2. The number of amides is 1. The minimum Gasteiger partial charge on any atom is -0.444 e. The molecule has 1 aromatic heterocycles. The van der Waals surface area contributed by atoms with Crippen LogP contribution in [0.25, 0.3) is 0 Å². The Morgan fingerprint density at radius 2 is 2.14 bits per heavy atom. The van der Waals surface area contributed by atoms with E-state index in [9.17, 15) is 4.79 Å². The summed E-state index contributed by atoms with van der Waals surface area (Å²) >= 11 is 3.68. The molecular weight excluding hydrogens is 401 g/mol. The van der Waals surface area contributed by atoms with E-state index in [1.807, 2.05) is 25.7 Å². The van der Waals surface area contributed by atoms with Gasteiger partial charge >= 0.3 is 6.09 Å². The van der Waals surface area contributed by atoms with Crippen LogP contribution in [0.5, 0.6) is 0 Å². The van der Waals surface area contributed by atoms with E-state index in [0.717, 1.165) is 28.3 Å². The molecule has 3 rings (SSSR count). The van der Waals surface area contributed by atoms with Crippen LogP contribution in [0.3, 0.4) is 0 Å². The molecule has 0 atom stereocenters. The molecule has 1 aliphatic heterocycles. The summed E-state index contributed by atoms with van der Waals surface area (Å²) in [5.41, 5.74) is -0.0554. The Hall–Kier alpha value is -0.440. The zero-order valence-electron chi connectivity index (χ0n) is 12.6. The van der Waals surface area contributed by atoms with E-state index in [2.05, 4.69) is 31.9 Å².